The summed E-state index contributed by atoms with van der Waals surface area (Å²) in [5, 5.41) is 7.60. The Morgan fingerprint density at radius 2 is 2.24 bits per heavy atom. The summed E-state index contributed by atoms with van der Waals surface area (Å²) >= 11 is 0. The van der Waals surface area contributed by atoms with Crippen LogP contribution in [-0.4, -0.2) is 23.3 Å². The Bertz CT molecular complexity index is 646. The second kappa shape index (κ2) is 4.93. The van der Waals surface area contributed by atoms with Crippen LogP contribution in [0.1, 0.15) is 48.5 Å². The zero-order valence-corrected chi connectivity index (χ0v) is 12.1. The van der Waals surface area contributed by atoms with Crippen LogP contribution in [0.5, 0.6) is 0 Å². The molecule has 0 amide bonds. The van der Waals surface area contributed by atoms with Crippen molar-refractivity contribution in [1.29, 1.82) is 0 Å². The van der Waals surface area contributed by atoms with Gasteiger partial charge in [0.05, 0.1) is 5.92 Å². The molecule has 1 aromatic carbocycles. The first-order chi connectivity index (χ1) is 10.3. The normalized spacial score (nSPS) is 28.5. The first kappa shape index (κ1) is 13.0. The minimum absolute atomic E-state index is 0.126. The summed E-state index contributed by atoms with van der Waals surface area (Å²) in [4.78, 5) is 4.64. The van der Waals surface area contributed by atoms with E-state index in [1.54, 1.807) is 0 Å². The van der Waals surface area contributed by atoms with Gasteiger partial charge in [-0.05, 0) is 30.9 Å². The molecule has 0 saturated carbocycles. The highest BCUT2D eigenvalue weighted by atomic mass is 16.5. The van der Waals surface area contributed by atoms with Gasteiger partial charge in [-0.1, -0.05) is 29.4 Å². The number of ether oxygens (including phenoxy) is 1. The van der Waals surface area contributed by atoms with Gasteiger partial charge in [-0.15, -0.1) is 0 Å². The molecule has 2 atom stereocenters. The van der Waals surface area contributed by atoms with Crippen LogP contribution in [0.25, 0.3) is 0 Å². The molecular formula is C16H19N3O2. The number of aromatic nitrogens is 2. The zero-order chi connectivity index (χ0) is 14.3. The highest BCUT2D eigenvalue weighted by molar-refractivity contribution is 5.36. The van der Waals surface area contributed by atoms with E-state index in [0.717, 1.165) is 32.5 Å². The number of rotatable bonds is 2. The quantitative estimate of drug-likeness (QED) is 0.917. The van der Waals surface area contributed by atoms with E-state index < -0.39 is 0 Å². The molecule has 3 heterocycles. The fraction of sp³-hybridized carbons (Fsp3) is 0.500. The molecule has 2 aliphatic heterocycles. The summed E-state index contributed by atoms with van der Waals surface area (Å²) in [6.07, 6.45) is 2.00. The molecule has 21 heavy (non-hydrogen) atoms. The third-order valence-corrected chi connectivity index (χ3v) is 4.53. The molecule has 5 nitrogen and oxygen atoms in total. The predicted octanol–water partition coefficient (Wildman–Crippen LogP) is 2.33. The van der Waals surface area contributed by atoms with E-state index in [-0.39, 0.29) is 11.5 Å². The van der Waals surface area contributed by atoms with Gasteiger partial charge in [-0.3, -0.25) is 0 Å². The molecule has 0 aliphatic carbocycles. The molecule has 2 aliphatic rings. The number of hydrogen-bond acceptors (Lipinski definition) is 5. The SMILES string of the molecule is CC1(c2noc(C3CNCc4ccccc43)n2)CCCO1. The summed E-state index contributed by atoms with van der Waals surface area (Å²) in [6, 6.07) is 8.43. The molecule has 2 aromatic rings. The third-order valence-electron chi connectivity index (χ3n) is 4.53. The lowest BCUT2D eigenvalue weighted by Crippen LogP contribution is -2.29. The van der Waals surface area contributed by atoms with Gasteiger partial charge in [0.25, 0.3) is 0 Å². The lowest BCUT2D eigenvalue weighted by molar-refractivity contribution is 0.00768. The van der Waals surface area contributed by atoms with Gasteiger partial charge in [-0.25, -0.2) is 0 Å². The number of nitrogens with zero attached hydrogens (tertiary/aromatic N) is 2. The Morgan fingerprint density at radius 1 is 1.33 bits per heavy atom. The van der Waals surface area contributed by atoms with E-state index in [2.05, 4.69) is 39.7 Å². The van der Waals surface area contributed by atoms with Crippen LogP contribution in [0, 0.1) is 0 Å². The fourth-order valence-electron chi connectivity index (χ4n) is 3.26. The van der Waals surface area contributed by atoms with Gasteiger partial charge in [-0.2, -0.15) is 4.98 Å². The lowest BCUT2D eigenvalue weighted by atomic mass is 9.91. The van der Waals surface area contributed by atoms with Gasteiger partial charge < -0.3 is 14.6 Å². The van der Waals surface area contributed by atoms with E-state index in [1.165, 1.54) is 11.1 Å². The molecule has 0 spiro atoms. The predicted molar refractivity (Wildman–Crippen MR) is 76.8 cm³/mol. The van der Waals surface area contributed by atoms with Crippen LogP contribution < -0.4 is 5.32 Å². The first-order valence-electron chi connectivity index (χ1n) is 7.53. The lowest BCUT2D eigenvalue weighted by Gasteiger charge is -2.23. The molecule has 1 saturated heterocycles. The van der Waals surface area contributed by atoms with Crippen LogP contribution in [0.15, 0.2) is 28.8 Å². The molecular weight excluding hydrogens is 266 g/mol. The van der Waals surface area contributed by atoms with E-state index in [1.807, 2.05) is 6.92 Å². The average molecular weight is 285 g/mol. The van der Waals surface area contributed by atoms with Gasteiger partial charge >= 0.3 is 0 Å². The molecule has 5 heteroatoms. The molecule has 0 radical (unpaired) electrons. The van der Waals surface area contributed by atoms with E-state index in [0.29, 0.717) is 11.7 Å². The Labute approximate surface area is 123 Å². The summed E-state index contributed by atoms with van der Waals surface area (Å²) in [5.41, 5.74) is 2.20. The van der Waals surface area contributed by atoms with Crippen molar-refractivity contribution in [3.63, 3.8) is 0 Å². The summed E-state index contributed by atoms with van der Waals surface area (Å²) in [6.45, 7) is 4.54. The maximum Gasteiger partial charge on any atom is 0.235 e. The summed E-state index contributed by atoms with van der Waals surface area (Å²) in [5.74, 6) is 1.49. The van der Waals surface area contributed by atoms with Crippen molar-refractivity contribution in [2.45, 2.75) is 37.8 Å². The minimum atomic E-state index is -0.386. The molecule has 1 aromatic heterocycles. The number of fused-ring (bicyclic) bond motifs is 1. The standard InChI is InChI=1S/C16H19N3O2/c1-16(7-4-8-20-16)15-18-14(21-19-15)13-10-17-9-11-5-2-3-6-12(11)13/h2-3,5-6,13,17H,4,7-10H2,1H3. The van der Waals surface area contributed by atoms with Crippen molar-refractivity contribution in [2.24, 2.45) is 0 Å². The Morgan fingerprint density at radius 3 is 3.10 bits per heavy atom. The van der Waals surface area contributed by atoms with Crippen molar-refractivity contribution in [1.82, 2.24) is 15.5 Å². The summed E-state index contributed by atoms with van der Waals surface area (Å²) in [7, 11) is 0. The number of benzene rings is 1. The van der Waals surface area contributed by atoms with E-state index >= 15 is 0 Å². The monoisotopic (exact) mass is 285 g/mol. The molecule has 1 N–H and O–H groups in total. The molecule has 1 fully saturated rings. The van der Waals surface area contributed by atoms with Gasteiger partial charge in [0.15, 0.2) is 0 Å². The summed E-state index contributed by atoms with van der Waals surface area (Å²) < 4.78 is 11.4. The highest BCUT2D eigenvalue weighted by Gasteiger charge is 2.38. The molecule has 2 unspecified atom stereocenters. The largest absolute Gasteiger partial charge is 0.367 e. The first-order valence-corrected chi connectivity index (χ1v) is 7.53. The van der Waals surface area contributed by atoms with Gasteiger partial charge in [0.1, 0.15) is 5.60 Å². The maximum atomic E-state index is 5.80. The van der Waals surface area contributed by atoms with Gasteiger partial charge in [0, 0.05) is 19.7 Å². The third kappa shape index (κ3) is 2.17. The molecule has 4 rings (SSSR count). The smallest absolute Gasteiger partial charge is 0.235 e. The maximum absolute atomic E-state index is 5.80. The Balaban J connectivity index is 1.68. The van der Waals surface area contributed by atoms with Crippen LogP contribution >= 0.6 is 0 Å². The van der Waals surface area contributed by atoms with Crippen molar-refractivity contribution < 1.29 is 9.26 Å². The second-order valence-electron chi connectivity index (χ2n) is 6.02. The highest BCUT2D eigenvalue weighted by Crippen LogP contribution is 2.35. The minimum Gasteiger partial charge on any atom is -0.367 e. The Kier molecular flexibility index (Phi) is 3.05. The van der Waals surface area contributed by atoms with Crippen molar-refractivity contribution >= 4 is 0 Å². The molecule has 110 valence electrons. The van der Waals surface area contributed by atoms with Crippen molar-refractivity contribution in [2.75, 3.05) is 13.2 Å². The van der Waals surface area contributed by atoms with E-state index in [9.17, 15) is 0 Å². The van der Waals surface area contributed by atoms with Crippen molar-refractivity contribution in [3.8, 4) is 0 Å². The number of hydrogen-bond donors (Lipinski definition) is 1. The molecule has 0 bridgehead atoms. The van der Waals surface area contributed by atoms with E-state index in [4.69, 9.17) is 9.26 Å². The average Bonchev–Trinajstić information content (AvgIpc) is 3.16. The fourth-order valence-corrected chi connectivity index (χ4v) is 3.26. The Hall–Kier alpha value is -1.72. The van der Waals surface area contributed by atoms with Crippen LogP contribution in [0.4, 0.5) is 0 Å². The second-order valence-corrected chi connectivity index (χ2v) is 6.02. The van der Waals surface area contributed by atoms with Crippen LogP contribution in [-0.2, 0) is 16.9 Å². The van der Waals surface area contributed by atoms with Crippen LogP contribution in [0.2, 0.25) is 0 Å². The van der Waals surface area contributed by atoms with Crippen LogP contribution in [0.3, 0.4) is 0 Å². The van der Waals surface area contributed by atoms with Gasteiger partial charge in [0.2, 0.25) is 11.7 Å². The number of nitrogens with one attached hydrogen (secondary N) is 1. The zero-order valence-electron chi connectivity index (χ0n) is 12.1. The topological polar surface area (TPSA) is 60.2 Å². The van der Waals surface area contributed by atoms with Crippen molar-refractivity contribution in [3.05, 3.63) is 47.1 Å².